The van der Waals surface area contributed by atoms with Crippen LogP contribution in [-0.4, -0.2) is 40.1 Å². The van der Waals surface area contributed by atoms with Gasteiger partial charge in [-0.3, -0.25) is 0 Å². The molecule has 2 aromatic rings. The van der Waals surface area contributed by atoms with Crippen molar-refractivity contribution >= 4 is 0 Å². The zero-order chi connectivity index (χ0) is 13.8. The van der Waals surface area contributed by atoms with Crippen LogP contribution in [0, 0.1) is 0 Å². The Hall–Kier alpha value is -1.69. The van der Waals surface area contributed by atoms with Crippen molar-refractivity contribution in [2.24, 2.45) is 0 Å². The number of para-hydroxylation sites is 1. The van der Waals surface area contributed by atoms with E-state index in [1.165, 1.54) is 5.56 Å². The molecular weight excluding hydrogens is 252 g/mol. The molecule has 5 nitrogen and oxygen atoms in total. The van der Waals surface area contributed by atoms with Crippen LogP contribution >= 0.6 is 0 Å². The molecule has 1 unspecified atom stereocenters. The number of hydrogen-bond acceptors (Lipinski definition) is 4. The molecule has 0 amide bonds. The predicted molar refractivity (Wildman–Crippen MR) is 77.7 cm³/mol. The summed E-state index contributed by atoms with van der Waals surface area (Å²) in [6.45, 7) is 2.88. The Labute approximate surface area is 118 Å². The minimum Gasteiger partial charge on any atom is -0.387 e. The van der Waals surface area contributed by atoms with E-state index in [0.717, 1.165) is 25.2 Å². The fraction of sp³-hybridized carbons (Fsp3) is 0.400. The highest BCUT2D eigenvalue weighted by Gasteiger charge is 2.30. The van der Waals surface area contributed by atoms with Gasteiger partial charge < -0.3 is 15.7 Å². The summed E-state index contributed by atoms with van der Waals surface area (Å²) >= 11 is 0. The van der Waals surface area contributed by atoms with Crippen LogP contribution in [0.4, 0.5) is 0 Å². The van der Waals surface area contributed by atoms with Crippen LogP contribution < -0.4 is 10.6 Å². The topological polar surface area (TPSA) is 62.1 Å². The van der Waals surface area contributed by atoms with Crippen LogP contribution in [0.5, 0.6) is 0 Å². The lowest BCUT2D eigenvalue weighted by Gasteiger charge is -2.22. The molecule has 106 valence electrons. The SMILES string of the molecule is OC1(CNCc2ccccc2-n2cccn2)CCNC1. The van der Waals surface area contributed by atoms with Gasteiger partial charge in [-0.25, -0.2) is 4.68 Å². The number of β-amino-alcohol motifs (C(OH)–C–C–N with tert-alkyl or cyclic N) is 1. The summed E-state index contributed by atoms with van der Waals surface area (Å²) in [6, 6.07) is 10.1. The van der Waals surface area contributed by atoms with Gasteiger partial charge in [0.2, 0.25) is 0 Å². The van der Waals surface area contributed by atoms with Gasteiger partial charge in [-0.15, -0.1) is 0 Å². The highest BCUT2D eigenvalue weighted by atomic mass is 16.3. The Bertz CT molecular complexity index is 547. The molecule has 0 aliphatic carbocycles. The van der Waals surface area contributed by atoms with Crippen molar-refractivity contribution in [3.05, 3.63) is 48.3 Å². The van der Waals surface area contributed by atoms with Crippen molar-refractivity contribution in [2.45, 2.75) is 18.6 Å². The molecule has 1 aromatic heterocycles. The van der Waals surface area contributed by atoms with Gasteiger partial charge in [0.05, 0.1) is 11.3 Å². The van der Waals surface area contributed by atoms with Gasteiger partial charge in [0.1, 0.15) is 0 Å². The average molecular weight is 272 g/mol. The Kier molecular flexibility index (Phi) is 3.82. The van der Waals surface area contributed by atoms with E-state index < -0.39 is 5.60 Å². The maximum absolute atomic E-state index is 10.3. The zero-order valence-corrected chi connectivity index (χ0v) is 11.4. The van der Waals surface area contributed by atoms with E-state index in [4.69, 9.17) is 0 Å². The Morgan fingerprint density at radius 3 is 3.00 bits per heavy atom. The number of rotatable bonds is 5. The Balaban J connectivity index is 1.66. The predicted octanol–water partition coefficient (Wildman–Crippen LogP) is 0.686. The van der Waals surface area contributed by atoms with Crippen LogP contribution in [-0.2, 0) is 6.54 Å². The first kappa shape index (κ1) is 13.3. The largest absolute Gasteiger partial charge is 0.387 e. The minimum absolute atomic E-state index is 0.605. The second-order valence-corrected chi connectivity index (χ2v) is 5.33. The van der Waals surface area contributed by atoms with E-state index >= 15 is 0 Å². The number of benzene rings is 1. The fourth-order valence-electron chi connectivity index (χ4n) is 2.61. The van der Waals surface area contributed by atoms with Gasteiger partial charge in [-0.1, -0.05) is 18.2 Å². The number of aromatic nitrogens is 2. The molecule has 5 heteroatoms. The third-order valence-electron chi connectivity index (χ3n) is 3.73. The molecule has 20 heavy (non-hydrogen) atoms. The number of nitrogens with zero attached hydrogens (tertiary/aromatic N) is 2. The molecule has 1 aromatic carbocycles. The smallest absolute Gasteiger partial charge is 0.0907 e. The summed E-state index contributed by atoms with van der Waals surface area (Å²) in [7, 11) is 0. The summed E-state index contributed by atoms with van der Waals surface area (Å²) in [6.07, 6.45) is 4.52. The fourth-order valence-corrected chi connectivity index (χ4v) is 2.61. The monoisotopic (exact) mass is 272 g/mol. The highest BCUT2D eigenvalue weighted by Crippen LogP contribution is 2.15. The first-order valence-corrected chi connectivity index (χ1v) is 6.99. The van der Waals surface area contributed by atoms with Crippen molar-refractivity contribution < 1.29 is 5.11 Å². The summed E-state index contributed by atoms with van der Waals surface area (Å²) in [5, 5.41) is 21.1. The molecule has 1 aliphatic rings. The van der Waals surface area contributed by atoms with Crippen LogP contribution in [0.2, 0.25) is 0 Å². The van der Waals surface area contributed by atoms with E-state index in [0.29, 0.717) is 13.1 Å². The third kappa shape index (κ3) is 2.90. The molecule has 0 saturated carbocycles. The first-order chi connectivity index (χ1) is 9.77. The maximum Gasteiger partial charge on any atom is 0.0907 e. The van der Waals surface area contributed by atoms with Gasteiger partial charge >= 0.3 is 0 Å². The summed E-state index contributed by atoms with van der Waals surface area (Å²) < 4.78 is 1.86. The molecule has 1 aliphatic heterocycles. The number of aliphatic hydroxyl groups is 1. The normalized spacial score (nSPS) is 22.2. The average Bonchev–Trinajstić information content (AvgIpc) is 3.11. The van der Waals surface area contributed by atoms with Crippen molar-refractivity contribution in [2.75, 3.05) is 19.6 Å². The van der Waals surface area contributed by atoms with Crippen molar-refractivity contribution in [1.82, 2.24) is 20.4 Å². The number of hydrogen-bond donors (Lipinski definition) is 3. The molecule has 2 heterocycles. The lowest BCUT2D eigenvalue weighted by Crippen LogP contribution is -2.42. The first-order valence-electron chi connectivity index (χ1n) is 6.99. The van der Waals surface area contributed by atoms with Crippen molar-refractivity contribution in [3.8, 4) is 5.69 Å². The molecule has 0 spiro atoms. The van der Waals surface area contributed by atoms with E-state index in [1.54, 1.807) is 6.20 Å². The van der Waals surface area contributed by atoms with Crippen LogP contribution in [0.1, 0.15) is 12.0 Å². The van der Waals surface area contributed by atoms with E-state index in [2.05, 4.69) is 27.9 Å². The van der Waals surface area contributed by atoms with Crippen molar-refractivity contribution in [1.29, 1.82) is 0 Å². The van der Waals surface area contributed by atoms with E-state index in [9.17, 15) is 5.11 Å². The van der Waals surface area contributed by atoms with E-state index in [1.807, 2.05) is 29.1 Å². The van der Waals surface area contributed by atoms with Gasteiger partial charge in [-0.05, 0) is 30.7 Å². The molecule has 1 atom stereocenters. The Morgan fingerprint density at radius 1 is 1.35 bits per heavy atom. The lowest BCUT2D eigenvalue weighted by molar-refractivity contribution is 0.0609. The molecule has 3 N–H and O–H groups in total. The highest BCUT2D eigenvalue weighted by molar-refractivity contribution is 5.40. The van der Waals surface area contributed by atoms with Gasteiger partial charge in [0.25, 0.3) is 0 Å². The zero-order valence-electron chi connectivity index (χ0n) is 11.4. The van der Waals surface area contributed by atoms with Gasteiger partial charge in [-0.2, -0.15) is 5.10 Å². The summed E-state index contributed by atoms with van der Waals surface area (Å²) in [5.41, 5.74) is 1.63. The van der Waals surface area contributed by atoms with Crippen LogP contribution in [0.3, 0.4) is 0 Å². The summed E-state index contributed by atoms with van der Waals surface area (Å²) in [4.78, 5) is 0. The van der Waals surface area contributed by atoms with Crippen LogP contribution in [0.15, 0.2) is 42.7 Å². The molecule has 0 radical (unpaired) electrons. The molecule has 0 bridgehead atoms. The van der Waals surface area contributed by atoms with Crippen molar-refractivity contribution in [3.63, 3.8) is 0 Å². The van der Waals surface area contributed by atoms with Gasteiger partial charge in [0, 0.05) is 32.0 Å². The Morgan fingerprint density at radius 2 is 2.25 bits per heavy atom. The molecule has 1 fully saturated rings. The van der Waals surface area contributed by atoms with E-state index in [-0.39, 0.29) is 0 Å². The molecule has 1 saturated heterocycles. The third-order valence-corrected chi connectivity index (χ3v) is 3.73. The molecular formula is C15H20N4O. The molecule has 3 rings (SSSR count). The lowest BCUT2D eigenvalue weighted by atomic mass is 10.0. The van der Waals surface area contributed by atoms with Gasteiger partial charge in [0.15, 0.2) is 0 Å². The standard InChI is InChI=1S/C15H20N4O/c20-15(6-8-16-11-15)12-17-10-13-4-1-2-5-14(13)19-9-3-7-18-19/h1-5,7,9,16-17,20H,6,8,10-12H2. The second-order valence-electron chi connectivity index (χ2n) is 5.33. The minimum atomic E-state index is -0.610. The summed E-state index contributed by atoms with van der Waals surface area (Å²) in [5.74, 6) is 0. The second kappa shape index (κ2) is 5.75. The maximum atomic E-state index is 10.3. The quantitative estimate of drug-likeness (QED) is 0.749. The van der Waals surface area contributed by atoms with Crippen LogP contribution in [0.25, 0.3) is 5.69 Å². The number of nitrogens with one attached hydrogen (secondary N) is 2.